The predicted molar refractivity (Wildman–Crippen MR) is 83.1 cm³/mol. The molecule has 1 aromatic rings. The Balaban J connectivity index is 3.14. The van der Waals surface area contributed by atoms with Gasteiger partial charge in [-0.15, -0.1) is 0 Å². The van der Waals surface area contributed by atoms with E-state index in [1.165, 1.54) is 19.2 Å². The highest BCUT2D eigenvalue weighted by Gasteiger charge is 2.24. The molecule has 22 heavy (non-hydrogen) atoms. The van der Waals surface area contributed by atoms with Crippen LogP contribution >= 0.6 is 0 Å². The molecule has 0 N–H and O–H groups in total. The molecule has 0 heterocycles. The number of esters is 1. The van der Waals surface area contributed by atoms with Crippen LogP contribution in [0.15, 0.2) is 30.4 Å². The summed E-state index contributed by atoms with van der Waals surface area (Å²) in [6.45, 7) is 4.04. The molecule has 1 rings (SSSR count). The molecule has 1 aromatic carbocycles. The first-order valence-corrected chi connectivity index (χ1v) is 7.15. The van der Waals surface area contributed by atoms with Crippen LogP contribution in [0, 0.1) is 10.1 Å². The van der Waals surface area contributed by atoms with Gasteiger partial charge in [-0.25, -0.2) is 0 Å². The fourth-order valence-corrected chi connectivity index (χ4v) is 2.10. The normalized spacial score (nSPS) is 12.1. The van der Waals surface area contributed by atoms with E-state index in [9.17, 15) is 14.9 Å². The van der Waals surface area contributed by atoms with Crippen molar-refractivity contribution in [1.29, 1.82) is 0 Å². The molecule has 0 amide bonds. The van der Waals surface area contributed by atoms with E-state index in [4.69, 9.17) is 9.47 Å². The van der Waals surface area contributed by atoms with Crippen LogP contribution in [0.4, 0.5) is 5.69 Å². The maximum atomic E-state index is 11.8. The minimum Gasteiger partial charge on any atom is -0.483 e. The van der Waals surface area contributed by atoms with Gasteiger partial charge in [-0.2, -0.15) is 0 Å². The van der Waals surface area contributed by atoms with Crippen LogP contribution in [0.25, 0.3) is 0 Å². The second-order valence-electron chi connectivity index (χ2n) is 4.73. The fraction of sp³-hybridized carbons (Fsp3) is 0.438. The van der Waals surface area contributed by atoms with Gasteiger partial charge in [0.1, 0.15) is 6.61 Å². The molecule has 0 fully saturated rings. The second-order valence-corrected chi connectivity index (χ2v) is 4.73. The van der Waals surface area contributed by atoms with Crippen LogP contribution in [0.3, 0.4) is 0 Å². The van der Waals surface area contributed by atoms with Crippen LogP contribution in [0.5, 0.6) is 5.75 Å². The zero-order valence-corrected chi connectivity index (χ0v) is 13.1. The molecule has 0 saturated heterocycles. The number of carbonyl (C=O) groups excluding carboxylic acids is 1. The molecular weight excluding hydrogens is 286 g/mol. The monoisotopic (exact) mass is 307 g/mol. The summed E-state index contributed by atoms with van der Waals surface area (Å²) >= 11 is 0. The van der Waals surface area contributed by atoms with E-state index < -0.39 is 16.8 Å². The summed E-state index contributed by atoms with van der Waals surface area (Å²) in [6, 6.07) is 4.60. The van der Waals surface area contributed by atoms with Crippen LogP contribution in [-0.2, 0) is 9.53 Å². The average molecular weight is 307 g/mol. The minimum absolute atomic E-state index is 0.146. The van der Waals surface area contributed by atoms with Crippen molar-refractivity contribution in [1.82, 2.24) is 0 Å². The smallest absolute Gasteiger partial charge is 0.313 e. The summed E-state index contributed by atoms with van der Waals surface area (Å²) in [7, 11) is 1.31. The van der Waals surface area contributed by atoms with Crippen molar-refractivity contribution in [2.24, 2.45) is 0 Å². The second kappa shape index (κ2) is 8.81. The predicted octanol–water partition coefficient (Wildman–Crippen LogP) is 3.61. The van der Waals surface area contributed by atoms with Crippen LogP contribution in [-0.4, -0.2) is 24.6 Å². The molecule has 0 aliphatic heterocycles. The lowest BCUT2D eigenvalue weighted by Gasteiger charge is -2.15. The quantitative estimate of drug-likeness (QED) is 0.317. The van der Waals surface area contributed by atoms with Gasteiger partial charge in [0, 0.05) is 6.07 Å². The van der Waals surface area contributed by atoms with Gasteiger partial charge in [-0.05, 0) is 25.0 Å². The van der Waals surface area contributed by atoms with E-state index >= 15 is 0 Å². The summed E-state index contributed by atoms with van der Waals surface area (Å²) in [5.74, 6) is -0.705. The lowest BCUT2D eigenvalue weighted by atomic mass is 9.94. The molecule has 0 spiro atoms. The average Bonchev–Trinajstić information content (AvgIpc) is 2.52. The maximum absolute atomic E-state index is 11.8. The summed E-state index contributed by atoms with van der Waals surface area (Å²) in [4.78, 5) is 22.6. The largest absolute Gasteiger partial charge is 0.483 e. The summed E-state index contributed by atoms with van der Waals surface area (Å²) < 4.78 is 10.2. The topological polar surface area (TPSA) is 78.7 Å². The SMILES string of the molecule is C/C=C/COc1ccc(C(CCC)C(=O)OC)cc1[N+](=O)[O-]. The molecule has 0 aliphatic carbocycles. The van der Waals surface area contributed by atoms with Gasteiger partial charge >= 0.3 is 11.7 Å². The van der Waals surface area contributed by atoms with Gasteiger partial charge in [0.05, 0.1) is 18.0 Å². The summed E-state index contributed by atoms with van der Waals surface area (Å²) in [5.41, 5.74) is 0.422. The molecule has 6 nitrogen and oxygen atoms in total. The van der Waals surface area contributed by atoms with Crippen molar-refractivity contribution >= 4 is 11.7 Å². The Morgan fingerprint density at radius 2 is 2.18 bits per heavy atom. The highest BCUT2D eigenvalue weighted by Crippen LogP contribution is 2.32. The Morgan fingerprint density at radius 1 is 1.45 bits per heavy atom. The van der Waals surface area contributed by atoms with Crippen LogP contribution in [0.2, 0.25) is 0 Å². The Labute approximate surface area is 129 Å². The number of hydrogen-bond acceptors (Lipinski definition) is 5. The number of methoxy groups -OCH3 is 1. The zero-order valence-electron chi connectivity index (χ0n) is 13.1. The van der Waals surface area contributed by atoms with E-state index in [1.54, 1.807) is 18.2 Å². The minimum atomic E-state index is -0.505. The van der Waals surface area contributed by atoms with Gasteiger partial charge in [-0.1, -0.05) is 31.6 Å². The lowest BCUT2D eigenvalue weighted by Crippen LogP contribution is -2.14. The number of nitro benzene ring substituents is 1. The van der Waals surface area contributed by atoms with Gasteiger partial charge in [-0.3, -0.25) is 14.9 Å². The van der Waals surface area contributed by atoms with Crippen LogP contribution in [0.1, 0.15) is 38.2 Å². The Hall–Kier alpha value is -2.37. The van der Waals surface area contributed by atoms with E-state index in [2.05, 4.69) is 0 Å². The summed E-state index contributed by atoms with van der Waals surface area (Å²) in [6.07, 6.45) is 4.90. The molecule has 0 aromatic heterocycles. The third kappa shape index (κ3) is 4.58. The van der Waals surface area contributed by atoms with Crippen molar-refractivity contribution in [3.05, 3.63) is 46.0 Å². The van der Waals surface area contributed by atoms with E-state index in [1.807, 2.05) is 13.8 Å². The number of nitrogens with zero attached hydrogens (tertiary/aromatic N) is 1. The number of hydrogen-bond donors (Lipinski definition) is 0. The van der Waals surface area contributed by atoms with E-state index in [0.29, 0.717) is 12.0 Å². The maximum Gasteiger partial charge on any atom is 0.313 e. The van der Waals surface area contributed by atoms with Gasteiger partial charge in [0.25, 0.3) is 0 Å². The number of rotatable bonds is 8. The fourth-order valence-electron chi connectivity index (χ4n) is 2.10. The molecular formula is C16H21NO5. The van der Waals surface area contributed by atoms with Gasteiger partial charge in [0.15, 0.2) is 5.75 Å². The Kier molecular flexibility index (Phi) is 7.08. The highest BCUT2D eigenvalue weighted by molar-refractivity contribution is 5.78. The molecule has 0 radical (unpaired) electrons. The third-order valence-corrected chi connectivity index (χ3v) is 3.22. The van der Waals surface area contributed by atoms with Gasteiger partial charge in [0.2, 0.25) is 0 Å². The number of allylic oxidation sites excluding steroid dienone is 1. The number of benzene rings is 1. The number of nitro groups is 1. The molecule has 1 atom stereocenters. The van der Waals surface area contributed by atoms with Crippen molar-refractivity contribution in [3.63, 3.8) is 0 Å². The highest BCUT2D eigenvalue weighted by atomic mass is 16.6. The Morgan fingerprint density at radius 3 is 2.73 bits per heavy atom. The molecule has 0 bridgehead atoms. The first kappa shape index (κ1) is 17.7. The van der Waals surface area contributed by atoms with Crippen molar-refractivity contribution in [3.8, 4) is 5.75 Å². The first-order chi connectivity index (χ1) is 10.5. The number of ether oxygens (including phenoxy) is 2. The zero-order chi connectivity index (χ0) is 16.5. The van der Waals surface area contributed by atoms with Crippen molar-refractivity contribution < 1.29 is 19.2 Å². The number of carbonyl (C=O) groups is 1. The van der Waals surface area contributed by atoms with E-state index in [-0.39, 0.29) is 18.0 Å². The standard InChI is InChI=1S/C16H21NO5/c1-4-6-10-22-15-9-8-12(11-14(15)17(19)20)13(7-5-2)16(18)21-3/h4,6,8-9,11,13H,5,7,10H2,1-3H3/b6-4+. The molecule has 0 saturated carbocycles. The molecule has 120 valence electrons. The molecule has 6 heteroatoms. The van der Waals surface area contributed by atoms with Crippen LogP contribution < -0.4 is 4.74 Å². The molecule has 1 unspecified atom stereocenters. The summed E-state index contributed by atoms with van der Waals surface area (Å²) in [5, 5.41) is 11.2. The molecule has 0 aliphatic rings. The third-order valence-electron chi connectivity index (χ3n) is 3.22. The van der Waals surface area contributed by atoms with E-state index in [0.717, 1.165) is 6.42 Å². The lowest BCUT2D eigenvalue weighted by molar-refractivity contribution is -0.385. The first-order valence-electron chi connectivity index (χ1n) is 7.15. The van der Waals surface area contributed by atoms with Crippen molar-refractivity contribution in [2.75, 3.05) is 13.7 Å². The van der Waals surface area contributed by atoms with Gasteiger partial charge < -0.3 is 9.47 Å². The Bertz CT molecular complexity index is 553. The van der Waals surface area contributed by atoms with Crippen molar-refractivity contribution in [2.45, 2.75) is 32.6 Å².